The predicted octanol–water partition coefficient (Wildman–Crippen LogP) is 3.06. The first-order valence-electron chi connectivity index (χ1n) is 10.6. The fraction of sp³-hybridized carbons (Fsp3) is 0.391. The largest absolute Gasteiger partial charge is 0.494 e. The molecule has 33 heavy (non-hydrogen) atoms. The number of amides is 2. The molecule has 0 saturated carbocycles. The summed E-state index contributed by atoms with van der Waals surface area (Å²) in [6, 6.07) is 12.6. The van der Waals surface area contributed by atoms with E-state index in [-0.39, 0.29) is 12.5 Å². The summed E-state index contributed by atoms with van der Waals surface area (Å²) in [5.74, 6) is -0.263. The van der Waals surface area contributed by atoms with Crippen LogP contribution in [0.15, 0.2) is 48.5 Å². The summed E-state index contributed by atoms with van der Waals surface area (Å²) in [6.45, 7) is 5.75. The molecule has 0 aliphatic heterocycles. The van der Waals surface area contributed by atoms with Gasteiger partial charge in [-0.3, -0.25) is 13.9 Å². The van der Waals surface area contributed by atoms with E-state index in [0.29, 0.717) is 29.6 Å². The third-order valence-corrected chi connectivity index (χ3v) is 6.25. The first-order valence-corrected chi connectivity index (χ1v) is 12.8. The lowest BCUT2D eigenvalue weighted by Crippen LogP contribution is -2.51. The molecule has 10 heteroatoms. The van der Waals surface area contributed by atoms with E-state index in [0.717, 1.165) is 16.1 Å². The van der Waals surface area contributed by atoms with Crippen molar-refractivity contribution in [2.75, 3.05) is 30.3 Å². The van der Waals surface area contributed by atoms with E-state index in [1.165, 1.54) is 4.90 Å². The summed E-state index contributed by atoms with van der Waals surface area (Å²) < 4.78 is 31.5. The molecule has 0 radical (unpaired) electrons. The molecule has 1 atom stereocenters. The van der Waals surface area contributed by atoms with Crippen molar-refractivity contribution in [1.82, 2.24) is 10.2 Å². The smallest absolute Gasteiger partial charge is 0.244 e. The van der Waals surface area contributed by atoms with Gasteiger partial charge in [0.2, 0.25) is 21.8 Å². The molecule has 2 aromatic carbocycles. The Labute approximate surface area is 200 Å². The highest BCUT2D eigenvalue weighted by molar-refractivity contribution is 7.92. The Hall–Kier alpha value is -2.78. The molecule has 0 aliphatic carbocycles. The highest BCUT2D eigenvalue weighted by Crippen LogP contribution is 2.23. The molecule has 2 aromatic rings. The zero-order chi connectivity index (χ0) is 24.6. The quantitative estimate of drug-likeness (QED) is 0.517. The molecule has 0 bridgehead atoms. The number of halogens is 1. The maximum Gasteiger partial charge on any atom is 0.244 e. The Morgan fingerprint density at radius 2 is 1.79 bits per heavy atom. The fourth-order valence-corrected chi connectivity index (χ4v) is 4.29. The maximum absolute atomic E-state index is 13.4. The lowest BCUT2D eigenvalue weighted by Gasteiger charge is -2.31. The van der Waals surface area contributed by atoms with Crippen molar-refractivity contribution in [1.29, 1.82) is 0 Å². The zero-order valence-electron chi connectivity index (χ0n) is 19.2. The predicted molar refractivity (Wildman–Crippen MR) is 130 cm³/mol. The third-order valence-electron chi connectivity index (χ3n) is 4.88. The topological polar surface area (TPSA) is 96.0 Å². The van der Waals surface area contributed by atoms with Crippen molar-refractivity contribution < 1.29 is 22.7 Å². The van der Waals surface area contributed by atoms with Gasteiger partial charge in [0.05, 0.1) is 18.6 Å². The first-order chi connectivity index (χ1) is 15.6. The molecule has 0 unspecified atom stereocenters. The van der Waals surface area contributed by atoms with Crippen LogP contribution in [0.4, 0.5) is 5.69 Å². The minimum absolute atomic E-state index is 0.0958. The highest BCUT2D eigenvalue weighted by atomic mass is 35.5. The van der Waals surface area contributed by atoms with Gasteiger partial charge in [0.25, 0.3) is 0 Å². The van der Waals surface area contributed by atoms with Gasteiger partial charge in [0, 0.05) is 18.1 Å². The molecule has 0 heterocycles. The minimum Gasteiger partial charge on any atom is -0.494 e. The highest BCUT2D eigenvalue weighted by Gasteiger charge is 2.30. The number of hydrogen-bond donors (Lipinski definition) is 1. The van der Waals surface area contributed by atoms with E-state index in [4.69, 9.17) is 16.3 Å². The molecular formula is C23H30ClN3O5S. The van der Waals surface area contributed by atoms with Gasteiger partial charge in [0.1, 0.15) is 18.3 Å². The molecular weight excluding hydrogens is 466 g/mol. The van der Waals surface area contributed by atoms with Crippen LogP contribution in [-0.2, 0) is 26.2 Å². The lowest BCUT2D eigenvalue weighted by atomic mass is 10.1. The molecule has 180 valence electrons. The van der Waals surface area contributed by atoms with E-state index >= 15 is 0 Å². The Bertz CT molecular complexity index is 1060. The van der Waals surface area contributed by atoms with E-state index in [2.05, 4.69) is 5.32 Å². The van der Waals surface area contributed by atoms with Crippen molar-refractivity contribution in [2.45, 2.75) is 33.4 Å². The van der Waals surface area contributed by atoms with Crippen LogP contribution >= 0.6 is 11.6 Å². The zero-order valence-corrected chi connectivity index (χ0v) is 20.8. The van der Waals surface area contributed by atoms with Crippen molar-refractivity contribution in [2.24, 2.45) is 0 Å². The number of benzene rings is 2. The van der Waals surface area contributed by atoms with Crippen molar-refractivity contribution in [3.8, 4) is 5.75 Å². The van der Waals surface area contributed by atoms with Crippen molar-refractivity contribution in [3.63, 3.8) is 0 Å². The fourth-order valence-electron chi connectivity index (χ4n) is 3.23. The Kier molecular flexibility index (Phi) is 9.55. The van der Waals surface area contributed by atoms with Crippen molar-refractivity contribution in [3.05, 3.63) is 59.1 Å². The number of anilines is 1. The molecule has 8 nitrogen and oxygen atoms in total. The second kappa shape index (κ2) is 11.9. The number of sulfonamides is 1. The summed E-state index contributed by atoms with van der Waals surface area (Å²) in [7, 11) is -3.78. The number of carbonyl (C=O) groups excluding carboxylic acids is 2. The molecule has 0 fully saturated rings. The van der Waals surface area contributed by atoms with Crippen LogP contribution in [-0.4, -0.2) is 57.1 Å². The van der Waals surface area contributed by atoms with Crippen LogP contribution in [0.1, 0.15) is 26.3 Å². The Morgan fingerprint density at radius 1 is 1.12 bits per heavy atom. The van der Waals surface area contributed by atoms with Crippen molar-refractivity contribution >= 4 is 39.1 Å². The van der Waals surface area contributed by atoms with Crippen LogP contribution < -0.4 is 14.4 Å². The van der Waals surface area contributed by atoms with Gasteiger partial charge in [-0.05, 0) is 62.7 Å². The molecule has 0 spiro atoms. The molecule has 1 N–H and O–H groups in total. The summed E-state index contributed by atoms with van der Waals surface area (Å²) in [4.78, 5) is 27.2. The second-order valence-corrected chi connectivity index (χ2v) is 9.76. The summed E-state index contributed by atoms with van der Waals surface area (Å²) in [5.41, 5.74) is 1.04. The standard InChI is InChI=1S/C23H30ClN3O5S/c1-5-25-23(29)17(3)26(15-18-8-7-9-19(24)14-18)22(28)16-27(33(4,30)31)20-10-12-21(13-11-20)32-6-2/h7-14,17H,5-6,15-16H2,1-4H3,(H,25,29)/t17-/m1/s1. The number of hydrogen-bond acceptors (Lipinski definition) is 5. The number of nitrogens with one attached hydrogen (secondary N) is 1. The van der Waals surface area contributed by atoms with Gasteiger partial charge in [-0.15, -0.1) is 0 Å². The summed E-state index contributed by atoms with van der Waals surface area (Å²) in [5, 5.41) is 3.20. The number of carbonyl (C=O) groups is 2. The molecule has 0 aromatic heterocycles. The lowest BCUT2D eigenvalue weighted by molar-refractivity contribution is -0.139. The summed E-state index contributed by atoms with van der Waals surface area (Å²) in [6.07, 6.45) is 1.03. The average Bonchev–Trinajstić information content (AvgIpc) is 2.75. The molecule has 2 rings (SSSR count). The van der Waals surface area contributed by atoms with Crippen LogP contribution in [0.3, 0.4) is 0 Å². The maximum atomic E-state index is 13.4. The Morgan fingerprint density at radius 3 is 2.33 bits per heavy atom. The van der Waals surface area contributed by atoms with Gasteiger partial charge in [-0.2, -0.15) is 0 Å². The SMILES string of the molecule is CCNC(=O)[C@@H](C)N(Cc1cccc(Cl)c1)C(=O)CN(c1ccc(OCC)cc1)S(C)(=O)=O. The first kappa shape index (κ1) is 26.5. The third kappa shape index (κ3) is 7.64. The molecule has 0 saturated heterocycles. The van der Waals surface area contributed by atoms with E-state index < -0.39 is 28.5 Å². The number of nitrogens with zero attached hydrogens (tertiary/aromatic N) is 2. The average molecular weight is 496 g/mol. The number of ether oxygens (including phenoxy) is 1. The van der Waals surface area contributed by atoms with Gasteiger partial charge < -0.3 is 15.0 Å². The van der Waals surface area contributed by atoms with Gasteiger partial charge >= 0.3 is 0 Å². The second-order valence-electron chi connectivity index (χ2n) is 7.42. The van der Waals surface area contributed by atoms with Crippen LogP contribution in [0.5, 0.6) is 5.75 Å². The monoisotopic (exact) mass is 495 g/mol. The summed E-state index contributed by atoms with van der Waals surface area (Å²) >= 11 is 6.08. The van der Waals surface area contributed by atoms with Crippen LogP contribution in [0, 0.1) is 0 Å². The number of rotatable bonds is 11. The minimum atomic E-state index is -3.78. The molecule has 2 amide bonds. The molecule has 0 aliphatic rings. The van der Waals surface area contributed by atoms with Gasteiger partial charge in [-0.25, -0.2) is 8.42 Å². The van der Waals surface area contributed by atoms with E-state index in [1.807, 2.05) is 6.92 Å². The number of likely N-dealkylation sites (N-methyl/N-ethyl adjacent to an activating group) is 1. The van der Waals surface area contributed by atoms with Crippen LogP contribution in [0.2, 0.25) is 5.02 Å². The normalized spacial score (nSPS) is 12.0. The van der Waals surface area contributed by atoms with Crippen LogP contribution in [0.25, 0.3) is 0 Å². The van der Waals surface area contributed by atoms with Gasteiger partial charge in [0.15, 0.2) is 0 Å². The van der Waals surface area contributed by atoms with Gasteiger partial charge in [-0.1, -0.05) is 23.7 Å². The van der Waals surface area contributed by atoms with E-state index in [9.17, 15) is 18.0 Å². The van der Waals surface area contributed by atoms with E-state index in [1.54, 1.807) is 62.4 Å². The Balaban J connectivity index is 2.35.